The van der Waals surface area contributed by atoms with E-state index < -0.39 is 10.8 Å². The molecule has 0 atom stereocenters. The fourth-order valence-corrected chi connectivity index (χ4v) is 2.77. The number of hydrogen-bond donors (Lipinski definition) is 1. The van der Waals surface area contributed by atoms with Crippen LogP contribution >= 0.6 is 23.2 Å². The first-order valence-electron chi connectivity index (χ1n) is 8.67. The second-order valence-corrected chi connectivity index (χ2v) is 6.93. The highest BCUT2D eigenvalue weighted by molar-refractivity contribution is 6.42. The number of carbonyl (C=O) groups excluding carboxylic acids is 1. The van der Waals surface area contributed by atoms with Gasteiger partial charge in [0.1, 0.15) is 12.4 Å². The van der Waals surface area contributed by atoms with Gasteiger partial charge in [0.2, 0.25) is 0 Å². The molecule has 0 aromatic heterocycles. The van der Waals surface area contributed by atoms with E-state index in [1.54, 1.807) is 42.5 Å². The number of nitro groups is 1. The molecule has 3 aromatic carbocycles. The number of benzene rings is 3. The Hall–Kier alpha value is -3.42. The van der Waals surface area contributed by atoms with Gasteiger partial charge in [0.15, 0.2) is 0 Å². The Bertz CT molecular complexity index is 1100. The van der Waals surface area contributed by atoms with Crippen molar-refractivity contribution in [3.8, 4) is 5.75 Å². The quantitative estimate of drug-likeness (QED) is 0.306. The van der Waals surface area contributed by atoms with Crippen LogP contribution in [0.25, 0.3) is 0 Å². The number of rotatable bonds is 7. The van der Waals surface area contributed by atoms with E-state index in [1.165, 1.54) is 24.4 Å². The Labute approximate surface area is 182 Å². The van der Waals surface area contributed by atoms with Gasteiger partial charge in [-0.15, -0.1) is 0 Å². The molecule has 0 aliphatic heterocycles. The molecule has 0 unspecified atom stereocenters. The summed E-state index contributed by atoms with van der Waals surface area (Å²) in [5.41, 5.74) is 4.06. The van der Waals surface area contributed by atoms with Crippen LogP contribution in [0.15, 0.2) is 71.8 Å². The largest absolute Gasteiger partial charge is 0.489 e. The molecular weight excluding hydrogens is 429 g/mol. The maximum Gasteiger partial charge on any atom is 0.271 e. The number of ether oxygens (including phenoxy) is 1. The van der Waals surface area contributed by atoms with Crippen molar-refractivity contribution in [3.63, 3.8) is 0 Å². The van der Waals surface area contributed by atoms with Gasteiger partial charge in [0.05, 0.1) is 21.2 Å². The summed E-state index contributed by atoms with van der Waals surface area (Å²) in [5.74, 6) is 0.158. The molecule has 3 aromatic rings. The molecule has 0 aliphatic carbocycles. The lowest BCUT2D eigenvalue weighted by Gasteiger charge is -2.08. The lowest BCUT2D eigenvalue weighted by atomic mass is 10.2. The van der Waals surface area contributed by atoms with Gasteiger partial charge in [-0.05, 0) is 42.0 Å². The molecule has 0 radical (unpaired) electrons. The molecule has 0 heterocycles. The number of nitrogens with zero attached hydrogens (tertiary/aromatic N) is 2. The normalized spacial score (nSPS) is 10.7. The highest BCUT2D eigenvalue weighted by Crippen LogP contribution is 2.23. The Balaban J connectivity index is 1.55. The SMILES string of the molecule is O=C(N/N=C\c1cccc([N+](=O)[O-])c1)c1ccc(OCc2ccc(Cl)c(Cl)c2)cc1. The van der Waals surface area contributed by atoms with Crippen molar-refractivity contribution in [1.82, 2.24) is 5.43 Å². The van der Waals surface area contributed by atoms with E-state index in [1.807, 2.05) is 6.07 Å². The zero-order valence-corrected chi connectivity index (χ0v) is 16.9. The van der Waals surface area contributed by atoms with Gasteiger partial charge in [-0.3, -0.25) is 14.9 Å². The molecule has 9 heteroatoms. The smallest absolute Gasteiger partial charge is 0.271 e. The number of nitro benzene ring substituents is 1. The number of hydrazone groups is 1. The lowest BCUT2D eigenvalue weighted by Crippen LogP contribution is -2.17. The van der Waals surface area contributed by atoms with Gasteiger partial charge in [0.25, 0.3) is 11.6 Å². The van der Waals surface area contributed by atoms with Crippen LogP contribution in [0.4, 0.5) is 5.69 Å². The molecule has 152 valence electrons. The van der Waals surface area contributed by atoms with Crippen LogP contribution in [0, 0.1) is 10.1 Å². The molecule has 0 spiro atoms. The first kappa shape index (κ1) is 21.3. The minimum absolute atomic E-state index is 0.0539. The second-order valence-electron chi connectivity index (χ2n) is 6.11. The van der Waals surface area contributed by atoms with Crippen molar-refractivity contribution in [2.24, 2.45) is 5.10 Å². The third-order valence-corrected chi connectivity index (χ3v) is 4.71. The van der Waals surface area contributed by atoms with Crippen molar-refractivity contribution in [2.45, 2.75) is 6.61 Å². The summed E-state index contributed by atoms with van der Waals surface area (Å²) >= 11 is 11.9. The molecule has 0 saturated heterocycles. The van der Waals surface area contributed by atoms with Crippen molar-refractivity contribution >= 4 is 41.0 Å². The fraction of sp³-hybridized carbons (Fsp3) is 0.0476. The average molecular weight is 444 g/mol. The van der Waals surface area contributed by atoms with E-state index in [0.717, 1.165) is 5.56 Å². The summed E-state index contributed by atoms with van der Waals surface area (Å²) in [6.07, 6.45) is 1.33. The minimum atomic E-state index is -0.499. The van der Waals surface area contributed by atoms with Gasteiger partial charge in [-0.2, -0.15) is 5.10 Å². The van der Waals surface area contributed by atoms with E-state index in [4.69, 9.17) is 27.9 Å². The zero-order chi connectivity index (χ0) is 21.5. The molecule has 1 N–H and O–H groups in total. The predicted octanol–water partition coefficient (Wildman–Crippen LogP) is 5.24. The number of halogens is 2. The van der Waals surface area contributed by atoms with E-state index in [-0.39, 0.29) is 5.69 Å². The zero-order valence-electron chi connectivity index (χ0n) is 15.4. The van der Waals surface area contributed by atoms with Crippen molar-refractivity contribution in [1.29, 1.82) is 0 Å². The summed E-state index contributed by atoms with van der Waals surface area (Å²) in [7, 11) is 0. The van der Waals surface area contributed by atoms with Gasteiger partial charge < -0.3 is 4.74 Å². The molecule has 30 heavy (non-hydrogen) atoms. The van der Waals surface area contributed by atoms with E-state index in [9.17, 15) is 14.9 Å². The van der Waals surface area contributed by atoms with Crippen molar-refractivity contribution < 1.29 is 14.5 Å². The van der Waals surface area contributed by atoms with Gasteiger partial charge in [0, 0.05) is 23.3 Å². The molecule has 7 nitrogen and oxygen atoms in total. The van der Waals surface area contributed by atoms with Gasteiger partial charge >= 0.3 is 0 Å². The molecule has 1 amide bonds. The van der Waals surface area contributed by atoms with Crippen LogP contribution in [0.5, 0.6) is 5.75 Å². The highest BCUT2D eigenvalue weighted by Gasteiger charge is 2.07. The standard InChI is InChI=1S/C21H15Cl2N3O4/c22-19-9-4-15(11-20(19)23)13-30-18-7-5-16(6-8-18)21(27)25-24-12-14-2-1-3-17(10-14)26(28)29/h1-12H,13H2,(H,25,27)/b24-12-. The molecule has 0 fully saturated rings. The van der Waals surface area contributed by atoms with Crippen LogP contribution in [0.2, 0.25) is 10.0 Å². The lowest BCUT2D eigenvalue weighted by molar-refractivity contribution is -0.384. The van der Waals surface area contributed by atoms with Crippen LogP contribution in [0.3, 0.4) is 0 Å². The Morgan fingerprint density at radius 2 is 1.83 bits per heavy atom. The summed E-state index contributed by atoms with van der Waals surface area (Å²) in [6, 6.07) is 17.7. The van der Waals surface area contributed by atoms with E-state index in [0.29, 0.717) is 33.5 Å². The summed E-state index contributed by atoms with van der Waals surface area (Å²) in [4.78, 5) is 22.4. The second kappa shape index (κ2) is 9.87. The summed E-state index contributed by atoms with van der Waals surface area (Å²) in [5, 5.41) is 15.5. The number of hydrogen-bond acceptors (Lipinski definition) is 5. The van der Waals surface area contributed by atoms with Crippen LogP contribution in [0.1, 0.15) is 21.5 Å². The Kier molecular flexibility index (Phi) is 7.00. The van der Waals surface area contributed by atoms with Crippen molar-refractivity contribution in [2.75, 3.05) is 0 Å². The van der Waals surface area contributed by atoms with Gasteiger partial charge in [-0.1, -0.05) is 41.4 Å². The maximum atomic E-state index is 12.2. The molecule has 3 rings (SSSR count). The average Bonchev–Trinajstić information content (AvgIpc) is 2.75. The molecule has 0 aliphatic rings. The predicted molar refractivity (Wildman–Crippen MR) is 115 cm³/mol. The first-order valence-corrected chi connectivity index (χ1v) is 9.42. The third-order valence-electron chi connectivity index (χ3n) is 3.97. The van der Waals surface area contributed by atoms with Gasteiger partial charge in [-0.25, -0.2) is 5.43 Å². The monoisotopic (exact) mass is 443 g/mol. The number of non-ortho nitro benzene ring substituents is 1. The van der Waals surface area contributed by atoms with E-state index in [2.05, 4.69) is 10.5 Å². The Morgan fingerprint density at radius 3 is 2.53 bits per heavy atom. The van der Waals surface area contributed by atoms with Crippen LogP contribution in [-0.4, -0.2) is 17.0 Å². The van der Waals surface area contributed by atoms with Crippen molar-refractivity contribution in [3.05, 3.63) is 104 Å². The third kappa shape index (κ3) is 5.79. The van der Waals surface area contributed by atoms with Crippen LogP contribution in [-0.2, 0) is 6.61 Å². The maximum absolute atomic E-state index is 12.2. The molecule has 0 saturated carbocycles. The number of nitrogens with one attached hydrogen (secondary N) is 1. The first-order chi connectivity index (χ1) is 14.4. The van der Waals surface area contributed by atoms with E-state index >= 15 is 0 Å². The number of carbonyl (C=O) groups is 1. The highest BCUT2D eigenvalue weighted by atomic mass is 35.5. The summed E-state index contributed by atoms with van der Waals surface area (Å²) < 4.78 is 5.67. The minimum Gasteiger partial charge on any atom is -0.489 e. The Morgan fingerprint density at radius 1 is 1.07 bits per heavy atom. The number of amides is 1. The molecular formula is C21H15Cl2N3O4. The summed E-state index contributed by atoms with van der Waals surface area (Å²) in [6.45, 7) is 0.302. The van der Waals surface area contributed by atoms with Crippen LogP contribution < -0.4 is 10.2 Å². The molecule has 0 bridgehead atoms. The fourth-order valence-electron chi connectivity index (χ4n) is 2.45. The topological polar surface area (TPSA) is 93.8 Å².